The summed E-state index contributed by atoms with van der Waals surface area (Å²) in [5, 5.41) is 13.1. The second-order valence-electron chi connectivity index (χ2n) is 10.1. The molecule has 1 aromatic carbocycles. The number of benzene rings is 1. The largest absolute Gasteiger partial charge is 0.342 e. The van der Waals surface area contributed by atoms with E-state index in [1.807, 2.05) is 36.1 Å². The lowest BCUT2D eigenvalue weighted by atomic mass is 9.90. The predicted molar refractivity (Wildman–Crippen MR) is 135 cm³/mol. The summed E-state index contributed by atoms with van der Waals surface area (Å²) in [6, 6.07) is 7.82. The molecule has 1 aliphatic carbocycles. The van der Waals surface area contributed by atoms with Crippen molar-refractivity contribution in [1.29, 1.82) is 0 Å². The number of aromatic nitrogens is 2. The van der Waals surface area contributed by atoms with Crippen molar-refractivity contribution < 1.29 is 14.4 Å². The normalized spacial score (nSPS) is 22.0. The van der Waals surface area contributed by atoms with E-state index in [9.17, 15) is 14.4 Å². The number of hydrogen-bond acceptors (Lipinski definition) is 6. The van der Waals surface area contributed by atoms with E-state index in [1.54, 1.807) is 4.90 Å². The molecule has 3 aliphatic rings. The van der Waals surface area contributed by atoms with Gasteiger partial charge in [-0.05, 0) is 44.7 Å². The first kappa shape index (κ1) is 23.9. The number of likely N-dealkylation sites (tertiary alicyclic amines) is 1. The van der Waals surface area contributed by atoms with Crippen LogP contribution in [0.25, 0.3) is 0 Å². The second kappa shape index (κ2) is 10.4. The van der Waals surface area contributed by atoms with Gasteiger partial charge in [0.15, 0.2) is 0 Å². The quantitative estimate of drug-likeness (QED) is 0.673. The molecule has 3 fully saturated rings. The van der Waals surface area contributed by atoms with E-state index in [0.717, 1.165) is 29.1 Å². The first-order valence-corrected chi connectivity index (χ1v) is 13.6. The fraction of sp³-hybridized carbons (Fsp3) is 0.577. The Bertz CT molecular complexity index is 1070. The SMILES string of the molecule is Cc1ccc(N2C[C@H](C(=O)N3CCC(C(=O)Nc4nnc(C5CCCCC5)s4)CC3)CC2=O)cc1. The molecule has 2 aliphatic heterocycles. The molecule has 1 saturated carbocycles. The number of nitrogens with zero attached hydrogens (tertiary/aromatic N) is 4. The summed E-state index contributed by atoms with van der Waals surface area (Å²) in [6.07, 6.45) is 7.57. The minimum absolute atomic E-state index is 0.00822. The maximum absolute atomic E-state index is 13.1. The molecule has 35 heavy (non-hydrogen) atoms. The van der Waals surface area contributed by atoms with Crippen LogP contribution in [0.1, 0.15) is 67.9 Å². The predicted octanol–water partition coefficient (Wildman–Crippen LogP) is 4.12. The van der Waals surface area contributed by atoms with Crippen LogP contribution in [0.15, 0.2) is 24.3 Å². The molecule has 186 valence electrons. The van der Waals surface area contributed by atoms with Crippen LogP contribution in [0.5, 0.6) is 0 Å². The molecule has 0 radical (unpaired) electrons. The third-order valence-electron chi connectivity index (χ3n) is 7.62. The molecule has 5 rings (SSSR count). The summed E-state index contributed by atoms with van der Waals surface area (Å²) in [4.78, 5) is 42.1. The van der Waals surface area contributed by atoms with Gasteiger partial charge in [0, 0.05) is 43.6 Å². The number of nitrogens with one attached hydrogen (secondary N) is 1. The number of rotatable bonds is 5. The van der Waals surface area contributed by atoms with Crippen LogP contribution < -0.4 is 10.2 Å². The van der Waals surface area contributed by atoms with Crippen LogP contribution in [0.2, 0.25) is 0 Å². The fourth-order valence-corrected chi connectivity index (χ4v) is 6.39. The van der Waals surface area contributed by atoms with E-state index in [4.69, 9.17) is 0 Å². The van der Waals surface area contributed by atoms with Crippen LogP contribution in [0, 0.1) is 18.8 Å². The van der Waals surface area contributed by atoms with Crippen molar-refractivity contribution in [3.8, 4) is 0 Å². The lowest BCUT2D eigenvalue weighted by molar-refractivity contribution is -0.138. The Hall–Kier alpha value is -2.81. The van der Waals surface area contributed by atoms with Crippen LogP contribution >= 0.6 is 11.3 Å². The maximum atomic E-state index is 13.1. The van der Waals surface area contributed by atoms with Gasteiger partial charge in [-0.1, -0.05) is 48.3 Å². The minimum atomic E-state index is -0.325. The first-order valence-electron chi connectivity index (χ1n) is 12.8. The van der Waals surface area contributed by atoms with Gasteiger partial charge in [-0.3, -0.25) is 14.4 Å². The molecule has 9 heteroatoms. The molecule has 1 N–H and O–H groups in total. The van der Waals surface area contributed by atoms with Gasteiger partial charge in [-0.25, -0.2) is 0 Å². The highest BCUT2D eigenvalue weighted by Gasteiger charge is 2.38. The third-order valence-corrected chi connectivity index (χ3v) is 8.62. The molecule has 1 aromatic heterocycles. The smallest absolute Gasteiger partial charge is 0.229 e. The molecular formula is C26H33N5O3S. The van der Waals surface area contributed by atoms with Crippen molar-refractivity contribution in [3.05, 3.63) is 34.8 Å². The molecule has 3 amide bonds. The van der Waals surface area contributed by atoms with Crippen molar-refractivity contribution in [1.82, 2.24) is 15.1 Å². The molecule has 2 aromatic rings. The summed E-state index contributed by atoms with van der Waals surface area (Å²) < 4.78 is 0. The van der Waals surface area contributed by atoms with Gasteiger partial charge in [0.25, 0.3) is 0 Å². The van der Waals surface area contributed by atoms with E-state index in [1.165, 1.54) is 30.6 Å². The summed E-state index contributed by atoms with van der Waals surface area (Å²) in [5.41, 5.74) is 1.98. The Morgan fingerprint density at radius 2 is 1.69 bits per heavy atom. The first-order chi connectivity index (χ1) is 17.0. The highest BCUT2D eigenvalue weighted by Crippen LogP contribution is 2.35. The number of carbonyl (C=O) groups excluding carboxylic acids is 3. The van der Waals surface area contributed by atoms with E-state index in [-0.39, 0.29) is 36.0 Å². The maximum Gasteiger partial charge on any atom is 0.229 e. The Morgan fingerprint density at radius 3 is 2.40 bits per heavy atom. The average Bonchev–Trinajstić information content (AvgIpc) is 3.51. The van der Waals surface area contributed by atoms with Crippen molar-refractivity contribution in [2.75, 3.05) is 29.9 Å². The second-order valence-corrected chi connectivity index (χ2v) is 11.1. The van der Waals surface area contributed by atoms with Gasteiger partial charge in [0.1, 0.15) is 5.01 Å². The Balaban J connectivity index is 1.11. The van der Waals surface area contributed by atoms with Crippen molar-refractivity contribution >= 4 is 39.9 Å². The van der Waals surface area contributed by atoms with Gasteiger partial charge >= 0.3 is 0 Å². The van der Waals surface area contributed by atoms with Gasteiger partial charge in [0.05, 0.1) is 5.92 Å². The lowest BCUT2D eigenvalue weighted by Crippen LogP contribution is -2.44. The summed E-state index contributed by atoms with van der Waals surface area (Å²) in [5.74, 6) is -0.0149. The van der Waals surface area contributed by atoms with Gasteiger partial charge in [-0.15, -0.1) is 10.2 Å². The van der Waals surface area contributed by atoms with Crippen molar-refractivity contribution in [2.24, 2.45) is 11.8 Å². The van der Waals surface area contributed by atoms with Crippen LogP contribution in [0.3, 0.4) is 0 Å². The Kier molecular flexibility index (Phi) is 7.13. The van der Waals surface area contributed by atoms with Gasteiger partial charge in [0.2, 0.25) is 22.9 Å². The summed E-state index contributed by atoms with van der Waals surface area (Å²) >= 11 is 1.50. The monoisotopic (exact) mass is 495 g/mol. The molecular weight excluding hydrogens is 462 g/mol. The molecule has 2 saturated heterocycles. The number of amides is 3. The highest BCUT2D eigenvalue weighted by atomic mass is 32.1. The van der Waals surface area contributed by atoms with E-state index < -0.39 is 0 Å². The van der Waals surface area contributed by atoms with Crippen LogP contribution in [-0.2, 0) is 14.4 Å². The van der Waals surface area contributed by atoms with E-state index >= 15 is 0 Å². The van der Waals surface area contributed by atoms with Crippen molar-refractivity contribution in [3.63, 3.8) is 0 Å². The van der Waals surface area contributed by atoms with Crippen LogP contribution in [0.4, 0.5) is 10.8 Å². The number of anilines is 2. The van der Waals surface area contributed by atoms with Gasteiger partial charge in [-0.2, -0.15) is 0 Å². The number of aryl methyl sites for hydroxylation is 1. The lowest BCUT2D eigenvalue weighted by Gasteiger charge is -2.32. The zero-order chi connectivity index (χ0) is 24.4. The van der Waals surface area contributed by atoms with E-state index in [2.05, 4.69) is 15.5 Å². The summed E-state index contributed by atoms with van der Waals surface area (Å²) in [6.45, 7) is 3.50. The Labute approximate surface area is 210 Å². The highest BCUT2D eigenvalue weighted by molar-refractivity contribution is 7.15. The van der Waals surface area contributed by atoms with Crippen LogP contribution in [-0.4, -0.2) is 52.5 Å². The standard InChI is InChI=1S/C26H33N5O3S/c1-17-7-9-21(10-8-17)31-16-20(15-22(31)32)25(34)30-13-11-18(12-14-30)23(33)27-26-29-28-24(35-26)19-5-3-2-4-6-19/h7-10,18-20H,2-6,11-16H2,1H3,(H,27,29,33)/t20-/m1/s1. The number of carbonyl (C=O) groups is 3. The Morgan fingerprint density at radius 1 is 0.971 bits per heavy atom. The molecule has 0 bridgehead atoms. The van der Waals surface area contributed by atoms with E-state index in [0.29, 0.717) is 43.5 Å². The molecule has 8 nitrogen and oxygen atoms in total. The van der Waals surface area contributed by atoms with Gasteiger partial charge < -0.3 is 15.1 Å². The minimum Gasteiger partial charge on any atom is -0.342 e. The molecule has 1 atom stereocenters. The molecule has 3 heterocycles. The van der Waals surface area contributed by atoms with Crippen molar-refractivity contribution in [2.45, 2.75) is 64.2 Å². The number of hydrogen-bond donors (Lipinski definition) is 1. The molecule has 0 unspecified atom stereocenters. The average molecular weight is 496 g/mol. The molecule has 0 spiro atoms. The third kappa shape index (κ3) is 5.39. The number of piperidine rings is 1. The zero-order valence-electron chi connectivity index (χ0n) is 20.2. The zero-order valence-corrected chi connectivity index (χ0v) is 21.1. The topological polar surface area (TPSA) is 95.5 Å². The fourth-order valence-electron chi connectivity index (χ4n) is 5.47. The summed E-state index contributed by atoms with van der Waals surface area (Å²) in [7, 11) is 0.